The topological polar surface area (TPSA) is 30.2 Å². The summed E-state index contributed by atoms with van der Waals surface area (Å²) in [4.78, 5) is 0.658. The van der Waals surface area contributed by atoms with Crippen molar-refractivity contribution in [1.82, 2.24) is 0 Å². The van der Waals surface area contributed by atoms with Crippen LogP contribution in [0.3, 0.4) is 0 Å². The first kappa shape index (κ1) is 13.8. The zero-order chi connectivity index (χ0) is 14.3. The van der Waals surface area contributed by atoms with Crippen molar-refractivity contribution in [1.29, 1.82) is 0 Å². The molecule has 102 valence electrons. The van der Waals surface area contributed by atoms with Gasteiger partial charge in [0.1, 0.15) is 11.4 Å². The van der Waals surface area contributed by atoms with E-state index in [1.165, 1.54) is 12.1 Å². The molecule has 0 radical (unpaired) electrons. The summed E-state index contributed by atoms with van der Waals surface area (Å²) in [6.07, 6.45) is 1.62. The predicted octanol–water partition coefficient (Wildman–Crippen LogP) is 4.58. The average molecular weight is 400 g/mol. The average Bonchev–Trinajstić information content (AvgIpc) is 2.78. The number of halogens is 2. The predicted molar refractivity (Wildman–Crippen MR) is 86.7 cm³/mol. The van der Waals surface area contributed by atoms with Crippen LogP contribution in [0, 0.1) is 9.39 Å². The zero-order valence-corrected chi connectivity index (χ0v) is 13.5. The minimum atomic E-state index is -1.19. The van der Waals surface area contributed by atoms with E-state index >= 15 is 0 Å². The van der Waals surface area contributed by atoms with E-state index in [2.05, 4.69) is 22.6 Å². The second-order valence-corrected chi connectivity index (χ2v) is 6.92. The summed E-state index contributed by atoms with van der Waals surface area (Å²) in [5.41, 5.74) is 1.41. The van der Waals surface area contributed by atoms with Crippen molar-refractivity contribution in [2.45, 2.75) is 4.90 Å². The summed E-state index contributed by atoms with van der Waals surface area (Å²) in [5, 5.41) is 0.844. The lowest BCUT2D eigenvalue weighted by Crippen LogP contribution is -1.89. The highest BCUT2D eigenvalue weighted by atomic mass is 127. The lowest BCUT2D eigenvalue weighted by molar-refractivity contribution is 0.618. The lowest BCUT2D eigenvalue weighted by atomic mass is 10.1. The molecule has 1 aromatic heterocycles. The van der Waals surface area contributed by atoms with Crippen LogP contribution in [0.5, 0.6) is 0 Å². The van der Waals surface area contributed by atoms with Gasteiger partial charge < -0.3 is 4.42 Å². The summed E-state index contributed by atoms with van der Waals surface area (Å²) in [7, 11) is -1.19. The SMILES string of the molecule is CS(=O)c1c(-c2ccc(F)cc2)oc2ccc(I)cc12. The Morgan fingerprint density at radius 3 is 2.50 bits per heavy atom. The van der Waals surface area contributed by atoms with Crippen molar-refractivity contribution in [3.8, 4) is 11.3 Å². The molecule has 0 saturated carbocycles. The third-order valence-electron chi connectivity index (χ3n) is 3.00. The largest absolute Gasteiger partial charge is 0.455 e. The summed E-state index contributed by atoms with van der Waals surface area (Å²) < 4.78 is 32.0. The number of hydrogen-bond acceptors (Lipinski definition) is 2. The molecule has 0 bridgehead atoms. The van der Waals surface area contributed by atoms with Gasteiger partial charge in [0, 0.05) is 20.8 Å². The molecule has 1 unspecified atom stereocenters. The Morgan fingerprint density at radius 2 is 1.85 bits per heavy atom. The maximum atomic E-state index is 13.0. The summed E-state index contributed by atoms with van der Waals surface area (Å²) in [6, 6.07) is 11.7. The Morgan fingerprint density at radius 1 is 1.15 bits per heavy atom. The van der Waals surface area contributed by atoms with Gasteiger partial charge in [-0.3, -0.25) is 4.21 Å². The third-order valence-corrected chi connectivity index (χ3v) is 4.65. The van der Waals surface area contributed by atoms with Crippen LogP contribution >= 0.6 is 22.6 Å². The Hall–Kier alpha value is -1.21. The molecule has 1 heterocycles. The fraction of sp³-hybridized carbons (Fsp3) is 0.0667. The summed E-state index contributed by atoms with van der Waals surface area (Å²) in [5.74, 6) is 0.237. The van der Waals surface area contributed by atoms with Gasteiger partial charge in [-0.15, -0.1) is 0 Å². The lowest BCUT2D eigenvalue weighted by Gasteiger charge is -2.00. The van der Waals surface area contributed by atoms with E-state index in [9.17, 15) is 8.60 Å². The molecule has 2 nitrogen and oxygen atoms in total. The minimum absolute atomic E-state index is 0.307. The summed E-state index contributed by atoms with van der Waals surface area (Å²) >= 11 is 2.21. The Balaban J connectivity index is 2.32. The van der Waals surface area contributed by atoms with Crippen molar-refractivity contribution in [3.63, 3.8) is 0 Å². The molecule has 0 amide bonds. The first-order chi connectivity index (χ1) is 9.56. The van der Waals surface area contributed by atoms with E-state index < -0.39 is 10.8 Å². The first-order valence-electron chi connectivity index (χ1n) is 5.87. The van der Waals surface area contributed by atoms with E-state index in [1.54, 1.807) is 18.4 Å². The molecule has 0 N–H and O–H groups in total. The molecule has 0 spiro atoms. The second-order valence-electron chi connectivity index (χ2n) is 4.36. The molecule has 3 rings (SSSR count). The van der Waals surface area contributed by atoms with Crippen LogP contribution < -0.4 is 0 Å². The quantitative estimate of drug-likeness (QED) is 0.590. The van der Waals surface area contributed by atoms with Gasteiger partial charge in [-0.2, -0.15) is 0 Å². The molecular weight excluding hydrogens is 390 g/mol. The molecule has 0 fully saturated rings. The van der Waals surface area contributed by atoms with E-state index in [-0.39, 0.29) is 5.82 Å². The van der Waals surface area contributed by atoms with Crippen LogP contribution in [0.1, 0.15) is 0 Å². The monoisotopic (exact) mass is 400 g/mol. The van der Waals surface area contributed by atoms with Gasteiger partial charge in [0.05, 0.1) is 15.7 Å². The molecule has 0 saturated heterocycles. The third kappa shape index (κ3) is 2.40. The van der Waals surface area contributed by atoms with Crippen LogP contribution in [0.15, 0.2) is 51.8 Å². The Labute approximate surface area is 131 Å². The Bertz CT molecular complexity index is 809. The molecular formula is C15H10FIO2S. The van der Waals surface area contributed by atoms with Crippen LogP contribution in [-0.2, 0) is 10.8 Å². The van der Waals surface area contributed by atoms with Crippen molar-refractivity contribution in [2.75, 3.05) is 6.26 Å². The fourth-order valence-corrected chi connectivity index (χ4v) is 3.50. The van der Waals surface area contributed by atoms with Gasteiger partial charge in [0.2, 0.25) is 0 Å². The van der Waals surface area contributed by atoms with Gasteiger partial charge in [0.25, 0.3) is 0 Å². The molecule has 0 aliphatic heterocycles. The van der Waals surface area contributed by atoms with Crippen molar-refractivity contribution >= 4 is 44.4 Å². The smallest absolute Gasteiger partial charge is 0.151 e. The maximum absolute atomic E-state index is 13.0. The van der Waals surface area contributed by atoms with Crippen LogP contribution in [0.2, 0.25) is 0 Å². The molecule has 5 heteroatoms. The second kappa shape index (κ2) is 5.29. The number of benzene rings is 2. The number of rotatable bonds is 2. The minimum Gasteiger partial charge on any atom is -0.455 e. The maximum Gasteiger partial charge on any atom is 0.151 e. The summed E-state index contributed by atoms with van der Waals surface area (Å²) in [6.45, 7) is 0. The van der Waals surface area contributed by atoms with E-state index in [0.717, 1.165) is 14.5 Å². The zero-order valence-electron chi connectivity index (χ0n) is 10.5. The highest BCUT2D eigenvalue weighted by Gasteiger charge is 2.19. The van der Waals surface area contributed by atoms with Gasteiger partial charge in [-0.05, 0) is 65.1 Å². The fourth-order valence-electron chi connectivity index (χ4n) is 2.12. The molecule has 3 aromatic rings. The van der Waals surface area contributed by atoms with E-state index in [0.29, 0.717) is 16.2 Å². The molecule has 1 atom stereocenters. The number of furan rings is 1. The van der Waals surface area contributed by atoms with Crippen LogP contribution in [0.4, 0.5) is 4.39 Å². The van der Waals surface area contributed by atoms with Gasteiger partial charge in [0.15, 0.2) is 5.76 Å². The number of hydrogen-bond donors (Lipinski definition) is 0. The highest BCUT2D eigenvalue weighted by molar-refractivity contribution is 14.1. The first-order valence-corrected chi connectivity index (χ1v) is 8.51. The van der Waals surface area contributed by atoms with E-state index in [4.69, 9.17) is 4.42 Å². The van der Waals surface area contributed by atoms with Crippen LogP contribution in [0.25, 0.3) is 22.3 Å². The van der Waals surface area contributed by atoms with Crippen LogP contribution in [-0.4, -0.2) is 10.5 Å². The molecule has 0 aliphatic carbocycles. The van der Waals surface area contributed by atoms with E-state index in [1.807, 2.05) is 18.2 Å². The normalized spacial score (nSPS) is 12.8. The standard InChI is InChI=1S/C15H10FIO2S/c1-20(18)15-12-8-11(17)6-7-13(12)19-14(15)9-2-4-10(16)5-3-9/h2-8H,1H3. The molecule has 2 aromatic carbocycles. The van der Waals surface area contributed by atoms with Gasteiger partial charge in [-0.25, -0.2) is 4.39 Å². The van der Waals surface area contributed by atoms with Crippen molar-refractivity contribution in [2.24, 2.45) is 0 Å². The highest BCUT2D eigenvalue weighted by Crippen LogP contribution is 2.36. The van der Waals surface area contributed by atoms with Crippen molar-refractivity contribution in [3.05, 3.63) is 51.9 Å². The van der Waals surface area contributed by atoms with Crippen molar-refractivity contribution < 1.29 is 13.0 Å². The van der Waals surface area contributed by atoms with Gasteiger partial charge >= 0.3 is 0 Å². The molecule has 20 heavy (non-hydrogen) atoms. The Kier molecular flexibility index (Phi) is 3.64. The number of fused-ring (bicyclic) bond motifs is 1. The van der Waals surface area contributed by atoms with Gasteiger partial charge in [-0.1, -0.05) is 0 Å². The molecule has 0 aliphatic rings.